The number of hydrogen-bond donors (Lipinski definition) is 2. The zero-order valence-corrected chi connectivity index (χ0v) is 11.8. The van der Waals surface area contributed by atoms with Gasteiger partial charge in [-0.25, -0.2) is 0 Å². The highest BCUT2D eigenvalue weighted by Crippen LogP contribution is 2.27. The van der Waals surface area contributed by atoms with Crippen LogP contribution >= 0.6 is 0 Å². The maximum Gasteiger partial charge on any atom is 0.204 e. The molecule has 6 nitrogen and oxygen atoms in total. The molecule has 0 radical (unpaired) electrons. The van der Waals surface area contributed by atoms with Crippen molar-refractivity contribution in [2.45, 2.75) is 38.3 Å². The molecule has 20 heavy (non-hydrogen) atoms. The predicted octanol–water partition coefficient (Wildman–Crippen LogP) is 2.24. The Morgan fingerprint density at radius 2 is 2.30 bits per heavy atom. The summed E-state index contributed by atoms with van der Waals surface area (Å²) in [4.78, 5) is 0. The summed E-state index contributed by atoms with van der Waals surface area (Å²) in [6, 6.07) is 8.52. The Kier molecular flexibility index (Phi) is 3.40. The molecule has 2 N–H and O–H groups in total. The second-order valence-electron chi connectivity index (χ2n) is 5.76. The Labute approximate surface area is 117 Å². The lowest BCUT2D eigenvalue weighted by molar-refractivity contribution is -0.0553. The van der Waals surface area contributed by atoms with Crippen LogP contribution in [0.25, 0.3) is 11.4 Å². The molecular formula is C14H19N5O. The monoisotopic (exact) mass is 273 g/mol. The second kappa shape index (κ2) is 5.20. The maximum absolute atomic E-state index is 5.74. The Morgan fingerprint density at radius 1 is 1.40 bits per heavy atom. The van der Waals surface area contributed by atoms with Crippen LogP contribution in [-0.2, 0) is 4.74 Å². The number of hydrogen-bond acceptors (Lipinski definition) is 5. The third-order valence-electron chi connectivity index (χ3n) is 3.53. The van der Waals surface area contributed by atoms with Crippen LogP contribution in [0, 0.1) is 0 Å². The van der Waals surface area contributed by atoms with Crippen molar-refractivity contribution in [2.24, 2.45) is 0 Å². The third kappa shape index (κ3) is 2.96. The van der Waals surface area contributed by atoms with Crippen molar-refractivity contribution in [3.63, 3.8) is 0 Å². The minimum Gasteiger partial charge on any atom is -0.382 e. The lowest BCUT2D eigenvalue weighted by Gasteiger charge is -2.36. The van der Waals surface area contributed by atoms with Gasteiger partial charge >= 0.3 is 0 Å². The highest BCUT2D eigenvalue weighted by Gasteiger charge is 2.28. The van der Waals surface area contributed by atoms with Crippen LogP contribution in [0.3, 0.4) is 0 Å². The molecule has 0 aliphatic carbocycles. The van der Waals surface area contributed by atoms with Crippen molar-refractivity contribution in [1.29, 1.82) is 0 Å². The molecule has 0 spiro atoms. The van der Waals surface area contributed by atoms with Gasteiger partial charge in [0.2, 0.25) is 5.82 Å². The summed E-state index contributed by atoms with van der Waals surface area (Å²) in [6.45, 7) is 5.07. The van der Waals surface area contributed by atoms with E-state index in [1.165, 1.54) is 0 Å². The van der Waals surface area contributed by atoms with Crippen LogP contribution in [0.15, 0.2) is 24.3 Å². The molecule has 0 amide bonds. The fourth-order valence-corrected chi connectivity index (χ4v) is 2.62. The number of nitrogens with zero attached hydrogens (tertiary/aromatic N) is 3. The molecule has 2 aromatic rings. The van der Waals surface area contributed by atoms with Crippen LogP contribution < -0.4 is 5.32 Å². The summed E-state index contributed by atoms with van der Waals surface area (Å²) in [6.07, 6.45) is 2.02. The number of nitrogens with one attached hydrogen (secondary N) is 2. The molecule has 3 rings (SSSR count). The molecule has 1 aromatic heterocycles. The number of benzene rings is 1. The number of H-pyrrole nitrogens is 1. The highest BCUT2D eigenvalue weighted by atomic mass is 16.5. The van der Waals surface area contributed by atoms with E-state index in [-0.39, 0.29) is 5.60 Å². The van der Waals surface area contributed by atoms with Crippen LogP contribution in [0.1, 0.15) is 26.7 Å². The molecule has 1 aliphatic rings. The van der Waals surface area contributed by atoms with Crippen LogP contribution in [0.4, 0.5) is 5.69 Å². The molecular weight excluding hydrogens is 254 g/mol. The van der Waals surface area contributed by atoms with E-state index in [1.807, 2.05) is 18.2 Å². The largest absolute Gasteiger partial charge is 0.382 e. The third-order valence-corrected chi connectivity index (χ3v) is 3.53. The normalized spacial score (nSPS) is 21.6. The summed E-state index contributed by atoms with van der Waals surface area (Å²) in [7, 11) is 0. The van der Waals surface area contributed by atoms with Gasteiger partial charge in [-0.3, -0.25) is 0 Å². The summed E-state index contributed by atoms with van der Waals surface area (Å²) in [5.74, 6) is 0.612. The number of anilines is 1. The minimum atomic E-state index is -0.0544. The van der Waals surface area contributed by atoms with E-state index in [9.17, 15) is 0 Å². The molecule has 1 saturated heterocycles. The SMILES string of the molecule is CC1(C)CC(Nc2cccc(-c3nn[nH]n3)c2)CCO1. The second-order valence-corrected chi connectivity index (χ2v) is 5.76. The fourth-order valence-electron chi connectivity index (χ4n) is 2.62. The topological polar surface area (TPSA) is 75.7 Å². The lowest BCUT2D eigenvalue weighted by Crippen LogP contribution is -2.40. The molecule has 6 heteroatoms. The lowest BCUT2D eigenvalue weighted by atomic mass is 9.94. The maximum atomic E-state index is 5.74. The highest BCUT2D eigenvalue weighted by molar-refractivity contribution is 5.61. The summed E-state index contributed by atoms with van der Waals surface area (Å²) in [5, 5.41) is 17.6. The number of ether oxygens (including phenoxy) is 1. The van der Waals surface area contributed by atoms with Gasteiger partial charge in [0.05, 0.1) is 5.60 Å². The molecule has 0 saturated carbocycles. The van der Waals surface area contributed by atoms with E-state index in [2.05, 4.69) is 45.9 Å². The van der Waals surface area contributed by atoms with Gasteiger partial charge in [-0.2, -0.15) is 5.21 Å². The summed E-state index contributed by atoms with van der Waals surface area (Å²) in [5.41, 5.74) is 1.98. The van der Waals surface area contributed by atoms with E-state index in [0.717, 1.165) is 30.7 Å². The molecule has 1 fully saturated rings. The molecule has 0 bridgehead atoms. The Morgan fingerprint density at radius 3 is 3.05 bits per heavy atom. The van der Waals surface area contributed by atoms with Gasteiger partial charge in [-0.05, 0) is 44.0 Å². The Bertz CT molecular complexity index is 567. The first-order valence-corrected chi connectivity index (χ1v) is 6.87. The van der Waals surface area contributed by atoms with Crippen molar-refractivity contribution >= 4 is 5.69 Å². The quantitative estimate of drug-likeness (QED) is 0.897. The standard InChI is InChI=1S/C14H19N5O/c1-14(2)9-12(6-7-20-14)15-11-5-3-4-10(8-11)13-16-18-19-17-13/h3-5,8,12,15H,6-7,9H2,1-2H3,(H,16,17,18,19). The van der Waals surface area contributed by atoms with Gasteiger partial charge in [0.1, 0.15) is 0 Å². The van der Waals surface area contributed by atoms with Gasteiger partial charge in [0, 0.05) is 23.9 Å². The van der Waals surface area contributed by atoms with E-state index in [0.29, 0.717) is 11.9 Å². The Hall–Kier alpha value is -1.95. The summed E-state index contributed by atoms with van der Waals surface area (Å²) < 4.78 is 5.74. The van der Waals surface area contributed by atoms with Gasteiger partial charge in [0.15, 0.2) is 0 Å². The van der Waals surface area contributed by atoms with E-state index in [1.54, 1.807) is 0 Å². The van der Waals surface area contributed by atoms with Gasteiger partial charge in [0.25, 0.3) is 0 Å². The van der Waals surface area contributed by atoms with Gasteiger partial charge in [-0.1, -0.05) is 12.1 Å². The molecule has 1 aliphatic heterocycles. The van der Waals surface area contributed by atoms with Crippen molar-refractivity contribution in [2.75, 3.05) is 11.9 Å². The number of aromatic nitrogens is 4. The first-order chi connectivity index (χ1) is 9.62. The average Bonchev–Trinajstić information content (AvgIpc) is 2.91. The number of rotatable bonds is 3. The zero-order valence-electron chi connectivity index (χ0n) is 11.8. The molecule has 106 valence electrons. The van der Waals surface area contributed by atoms with Crippen molar-refractivity contribution in [3.05, 3.63) is 24.3 Å². The van der Waals surface area contributed by atoms with Crippen molar-refractivity contribution in [1.82, 2.24) is 20.6 Å². The average molecular weight is 273 g/mol. The predicted molar refractivity (Wildman–Crippen MR) is 76.3 cm³/mol. The molecule has 1 aromatic carbocycles. The Balaban J connectivity index is 1.73. The molecule has 1 unspecified atom stereocenters. The van der Waals surface area contributed by atoms with Gasteiger partial charge < -0.3 is 10.1 Å². The van der Waals surface area contributed by atoms with Crippen LogP contribution in [0.2, 0.25) is 0 Å². The first kappa shape index (κ1) is 13.1. The summed E-state index contributed by atoms with van der Waals surface area (Å²) >= 11 is 0. The van der Waals surface area contributed by atoms with Crippen molar-refractivity contribution in [3.8, 4) is 11.4 Å². The van der Waals surface area contributed by atoms with Gasteiger partial charge in [-0.15, -0.1) is 10.2 Å². The number of tetrazole rings is 1. The van der Waals surface area contributed by atoms with Crippen molar-refractivity contribution < 1.29 is 4.74 Å². The molecule has 2 heterocycles. The van der Waals surface area contributed by atoms with Crippen LogP contribution in [-0.4, -0.2) is 38.9 Å². The minimum absolute atomic E-state index is 0.0544. The zero-order chi connectivity index (χ0) is 14.0. The smallest absolute Gasteiger partial charge is 0.204 e. The molecule has 1 atom stereocenters. The van der Waals surface area contributed by atoms with E-state index < -0.39 is 0 Å². The van der Waals surface area contributed by atoms with E-state index >= 15 is 0 Å². The van der Waals surface area contributed by atoms with Crippen LogP contribution in [0.5, 0.6) is 0 Å². The fraction of sp³-hybridized carbons (Fsp3) is 0.500. The number of aromatic amines is 1. The first-order valence-electron chi connectivity index (χ1n) is 6.87. The van der Waals surface area contributed by atoms with E-state index in [4.69, 9.17) is 4.74 Å².